The zero-order chi connectivity index (χ0) is 31.3. The van der Waals surface area contributed by atoms with E-state index in [0.717, 1.165) is 57.8 Å². The predicted octanol–water partition coefficient (Wildman–Crippen LogP) is 7.98. The van der Waals surface area contributed by atoms with Crippen LogP contribution < -0.4 is 5.32 Å². The summed E-state index contributed by atoms with van der Waals surface area (Å²) >= 11 is 0. The molecule has 0 saturated carbocycles. The van der Waals surface area contributed by atoms with Crippen molar-refractivity contribution in [3.63, 3.8) is 0 Å². The van der Waals surface area contributed by atoms with Crippen LogP contribution in [0.5, 0.6) is 0 Å². The third kappa shape index (κ3) is 27.4. The van der Waals surface area contributed by atoms with Crippen molar-refractivity contribution < 1.29 is 28.0 Å². The first-order valence-electron chi connectivity index (χ1n) is 16.8. The average Bonchev–Trinajstić information content (AvgIpc) is 2.94. The highest BCUT2D eigenvalue weighted by Crippen LogP contribution is 2.12. The number of hydrogen-bond acceptors (Lipinski definition) is 5. The number of carbonyl (C=O) groups is 1. The quantitative estimate of drug-likeness (QED) is 0.0385. The van der Waals surface area contributed by atoms with Crippen molar-refractivity contribution in [2.24, 2.45) is 0 Å². The van der Waals surface area contributed by atoms with Crippen LogP contribution in [0.2, 0.25) is 0 Å². The molecular formula is C34H63NO6S. The van der Waals surface area contributed by atoms with E-state index in [2.05, 4.69) is 43.5 Å². The van der Waals surface area contributed by atoms with Crippen LogP contribution in [0.1, 0.15) is 149 Å². The molecule has 246 valence electrons. The Labute approximate surface area is 258 Å². The number of aliphatic hydroxyl groups is 2. The van der Waals surface area contributed by atoms with Gasteiger partial charge in [-0.2, -0.15) is 8.42 Å². The predicted molar refractivity (Wildman–Crippen MR) is 176 cm³/mol. The smallest absolute Gasteiger partial charge is 0.267 e. The number of aliphatic hydroxyl groups excluding tert-OH is 2. The second-order valence-electron chi connectivity index (χ2n) is 11.6. The zero-order valence-electron chi connectivity index (χ0n) is 26.7. The maximum Gasteiger partial charge on any atom is 0.267 e. The lowest BCUT2D eigenvalue weighted by molar-refractivity contribution is -0.130. The number of unbranched alkanes of at least 4 members (excludes halogenated alkanes) is 16. The fraction of sp³-hybridized carbons (Fsp3) is 0.794. The molecule has 0 fully saturated rings. The monoisotopic (exact) mass is 613 g/mol. The Morgan fingerprint density at radius 2 is 1.10 bits per heavy atom. The van der Waals surface area contributed by atoms with E-state index in [0.29, 0.717) is 12.8 Å². The van der Waals surface area contributed by atoms with Gasteiger partial charge in [0.25, 0.3) is 10.1 Å². The Bertz CT molecular complexity index is 824. The minimum absolute atomic E-state index is 0.259. The van der Waals surface area contributed by atoms with Crippen molar-refractivity contribution >= 4 is 16.0 Å². The average molecular weight is 614 g/mol. The molecule has 0 heterocycles. The van der Waals surface area contributed by atoms with Gasteiger partial charge in [-0.15, -0.1) is 0 Å². The molecule has 0 aliphatic carbocycles. The molecule has 4 N–H and O–H groups in total. The highest BCUT2D eigenvalue weighted by Gasteiger charge is 2.27. The first-order chi connectivity index (χ1) is 20.2. The molecule has 0 rings (SSSR count). The molecule has 0 aromatic carbocycles. The summed E-state index contributed by atoms with van der Waals surface area (Å²) in [6.45, 7) is 4.39. The minimum Gasteiger partial charge on any atom is -0.387 e. The summed E-state index contributed by atoms with van der Waals surface area (Å²) in [5.41, 5.74) is 0. The molecule has 42 heavy (non-hydrogen) atoms. The molecule has 0 aliphatic rings. The van der Waals surface area contributed by atoms with Crippen LogP contribution in [-0.2, 0) is 14.9 Å². The Morgan fingerprint density at radius 3 is 1.64 bits per heavy atom. The summed E-state index contributed by atoms with van der Waals surface area (Å²) in [6, 6.07) is -1.25. The molecule has 0 radical (unpaired) electrons. The summed E-state index contributed by atoms with van der Waals surface area (Å²) in [7, 11) is -4.44. The summed E-state index contributed by atoms with van der Waals surface area (Å²) in [4.78, 5) is 12.5. The molecule has 0 bridgehead atoms. The number of hydrogen-bond donors (Lipinski definition) is 4. The molecule has 1 amide bonds. The molecule has 3 unspecified atom stereocenters. The Balaban J connectivity index is 4.12. The van der Waals surface area contributed by atoms with Crippen LogP contribution in [0.3, 0.4) is 0 Å². The SMILES string of the molecule is CCCC/C=C/CC/C=C/C(O)C(CS(=O)(=O)O)NC(=O)C(O)CCCCCC/C=C\CCCCCCCCCCC. The van der Waals surface area contributed by atoms with Gasteiger partial charge in [-0.1, -0.05) is 134 Å². The second-order valence-corrected chi connectivity index (χ2v) is 13.1. The first kappa shape index (κ1) is 40.5. The third-order valence-electron chi connectivity index (χ3n) is 7.40. The maximum absolute atomic E-state index is 12.5. The number of carbonyl (C=O) groups excluding carboxylic acids is 1. The molecule has 8 heteroatoms. The summed E-state index contributed by atoms with van der Waals surface area (Å²) < 4.78 is 32.2. The molecule has 0 aromatic rings. The van der Waals surface area contributed by atoms with Crippen molar-refractivity contribution in [2.75, 3.05) is 5.75 Å². The van der Waals surface area contributed by atoms with E-state index in [9.17, 15) is 28.0 Å². The highest BCUT2D eigenvalue weighted by molar-refractivity contribution is 7.85. The van der Waals surface area contributed by atoms with Gasteiger partial charge in [-0.25, -0.2) is 0 Å². The van der Waals surface area contributed by atoms with E-state index in [1.54, 1.807) is 6.08 Å². The summed E-state index contributed by atoms with van der Waals surface area (Å²) in [6.07, 6.45) is 32.3. The first-order valence-corrected chi connectivity index (χ1v) is 18.4. The maximum atomic E-state index is 12.5. The van der Waals surface area contributed by atoms with Crippen LogP contribution in [0, 0.1) is 0 Å². The largest absolute Gasteiger partial charge is 0.387 e. The number of allylic oxidation sites excluding steroid dienone is 5. The van der Waals surface area contributed by atoms with Crippen LogP contribution in [-0.4, -0.2) is 53.1 Å². The van der Waals surface area contributed by atoms with E-state index in [-0.39, 0.29) is 6.42 Å². The number of amides is 1. The van der Waals surface area contributed by atoms with Crippen molar-refractivity contribution in [1.29, 1.82) is 0 Å². The van der Waals surface area contributed by atoms with E-state index >= 15 is 0 Å². The summed E-state index contributed by atoms with van der Waals surface area (Å²) in [5.74, 6) is -1.57. The van der Waals surface area contributed by atoms with Gasteiger partial charge < -0.3 is 15.5 Å². The van der Waals surface area contributed by atoms with Crippen molar-refractivity contribution in [2.45, 2.75) is 167 Å². The van der Waals surface area contributed by atoms with Gasteiger partial charge >= 0.3 is 0 Å². The molecule has 7 nitrogen and oxygen atoms in total. The van der Waals surface area contributed by atoms with Gasteiger partial charge in [-0.05, 0) is 51.4 Å². The Morgan fingerprint density at radius 1 is 0.643 bits per heavy atom. The van der Waals surface area contributed by atoms with Gasteiger partial charge in [0, 0.05) is 0 Å². The lowest BCUT2D eigenvalue weighted by atomic mass is 10.1. The van der Waals surface area contributed by atoms with Gasteiger partial charge in [0.1, 0.15) is 6.10 Å². The molecule has 0 spiro atoms. The van der Waals surface area contributed by atoms with Gasteiger partial charge in [0.15, 0.2) is 0 Å². The van der Waals surface area contributed by atoms with E-state index in [1.807, 2.05) is 0 Å². The van der Waals surface area contributed by atoms with Crippen molar-refractivity contribution in [1.82, 2.24) is 5.32 Å². The molecule has 3 atom stereocenters. The minimum atomic E-state index is -4.44. The number of rotatable bonds is 29. The van der Waals surface area contributed by atoms with Gasteiger partial charge in [-0.3, -0.25) is 9.35 Å². The number of nitrogens with one attached hydrogen (secondary N) is 1. The lowest BCUT2D eigenvalue weighted by Crippen LogP contribution is -2.50. The Kier molecular flexibility index (Phi) is 27.3. The van der Waals surface area contributed by atoms with Crippen LogP contribution in [0.4, 0.5) is 0 Å². The van der Waals surface area contributed by atoms with Crippen LogP contribution in [0.25, 0.3) is 0 Å². The molecule has 0 saturated heterocycles. The third-order valence-corrected chi connectivity index (χ3v) is 8.18. The van der Waals surface area contributed by atoms with Crippen molar-refractivity contribution in [3.05, 3.63) is 36.5 Å². The zero-order valence-corrected chi connectivity index (χ0v) is 27.5. The molecule has 0 aromatic heterocycles. The van der Waals surface area contributed by atoms with E-state index in [4.69, 9.17) is 0 Å². The van der Waals surface area contributed by atoms with E-state index < -0.39 is 40.0 Å². The fourth-order valence-corrected chi connectivity index (χ4v) is 5.48. The van der Waals surface area contributed by atoms with Crippen molar-refractivity contribution in [3.8, 4) is 0 Å². The molecular weight excluding hydrogens is 550 g/mol. The topological polar surface area (TPSA) is 124 Å². The standard InChI is InChI=1S/C34H63NO6S/c1-3-5-7-9-11-13-14-15-16-17-18-19-20-21-23-25-27-29-33(37)34(38)35-31(30-42(39,40)41)32(36)28-26-24-22-12-10-8-6-4-2/h10,12,18-19,26,28,31-33,36-37H,3-9,11,13-17,20-25,27,29-30H2,1-2H3,(H,35,38)(H,39,40,41)/b12-10+,19-18-,28-26+. The van der Waals surface area contributed by atoms with Crippen LogP contribution in [0.15, 0.2) is 36.5 Å². The molecule has 0 aliphatic heterocycles. The van der Waals surface area contributed by atoms with E-state index in [1.165, 1.54) is 63.9 Å². The lowest BCUT2D eigenvalue weighted by Gasteiger charge is -2.22. The second kappa shape index (κ2) is 28.3. The summed E-state index contributed by atoms with van der Waals surface area (Å²) in [5, 5.41) is 23.1. The Hall–Kier alpha value is -1.48. The van der Waals surface area contributed by atoms with Crippen LogP contribution >= 0.6 is 0 Å². The van der Waals surface area contributed by atoms with Gasteiger partial charge in [0.05, 0.1) is 17.9 Å². The highest BCUT2D eigenvalue weighted by atomic mass is 32.2. The fourth-order valence-electron chi connectivity index (χ4n) is 4.74. The van der Waals surface area contributed by atoms with Gasteiger partial charge in [0.2, 0.25) is 5.91 Å². The normalized spacial score (nSPS) is 14.7.